The molecular weight excluding hydrogens is 329 g/mol. The number of rotatable bonds is 6. The molecule has 3 rings (SSSR count). The fourth-order valence-electron chi connectivity index (χ4n) is 3.46. The topological polar surface area (TPSA) is 32.7 Å². The van der Waals surface area contributed by atoms with Gasteiger partial charge in [-0.3, -0.25) is 4.90 Å². The van der Waals surface area contributed by atoms with Crippen molar-refractivity contribution in [3.8, 4) is 11.5 Å². The first-order valence-corrected chi connectivity index (χ1v) is 9.25. The van der Waals surface area contributed by atoms with Gasteiger partial charge in [-0.05, 0) is 81.5 Å². The summed E-state index contributed by atoms with van der Waals surface area (Å²) in [6.07, 6.45) is 1.88. The van der Waals surface area contributed by atoms with Gasteiger partial charge in [0.15, 0.2) is 11.5 Å². The highest BCUT2D eigenvalue weighted by Crippen LogP contribution is 2.33. The third kappa shape index (κ3) is 4.18. The molecule has 0 aromatic heterocycles. The Morgan fingerprint density at radius 1 is 1.12 bits per heavy atom. The minimum atomic E-state index is -0.162. The summed E-state index contributed by atoms with van der Waals surface area (Å²) >= 11 is 0. The van der Waals surface area contributed by atoms with Crippen LogP contribution in [0.3, 0.4) is 0 Å². The van der Waals surface area contributed by atoms with Crippen LogP contribution in [-0.4, -0.2) is 21.6 Å². The first-order valence-electron chi connectivity index (χ1n) is 9.25. The number of hydrogen-bond donors (Lipinski definition) is 1. The van der Waals surface area contributed by atoms with E-state index in [4.69, 9.17) is 4.74 Å². The molecule has 0 bridgehead atoms. The van der Waals surface area contributed by atoms with Crippen LogP contribution in [0.2, 0.25) is 0 Å². The number of fused-ring (bicyclic) bond motifs is 1. The summed E-state index contributed by atoms with van der Waals surface area (Å²) < 4.78 is 19.1. The number of aromatic hydroxyl groups is 1. The van der Waals surface area contributed by atoms with Crippen molar-refractivity contribution in [2.75, 3.05) is 0 Å². The summed E-state index contributed by atoms with van der Waals surface area (Å²) in [5, 5.41) is 9.94. The second-order valence-corrected chi connectivity index (χ2v) is 8.05. The number of benzene rings is 2. The molecule has 0 saturated carbocycles. The highest BCUT2D eigenvalue weighted by atomic mass is 19.1. The van der Waals surface area contributed by atoms with E-state index in [1.807, 2.05) is 32.0 Å². The maximum atomic E-state index is 13.5. The van der Waals surface area contributed by atoms with E-state index in [1.165, 1.54) is 5.56 Å². The molecule has 0 unspecified atom stereocenters. The molecule has 2 aromatic carbocycles. The molecule has 0 aliphatic carbocycles. The van der Waals surface area contributed by atoms with E-state index in [2.05, 4.69) is 18.7 Å². The van der Waals surface area contributed by atoms with Gasteiger partial charge in [0.1, 0.15) is 5.82 Å². The Labute approximate surface area is 155 Å². The normalized spacial score (nSPS) is 14.7. The third-order valence-electron chi connectivity index (χ3n) is 5.16. The maximum Gasteiger partial charge on any atom is 0.161 e. The first-order chi connectivity index (χ1) is 12.2. The molecule has 4 heteroatoms. The Morgan fingerprint density at radius 3 is 2.58 bits per heavy atom. The van der Waals surface area contributed by atoms with Crippen LogP contribution < -0.4 is 4.74 Å². The molecule has 0 fully saturated rings. The number of hydrogen-bond acceptors (Lipinski definition) is 3. The van der Waals surface area contributed by atoms with Crippen LogP contribution in [-0.2, 0) is 19.5 Å². The SMILES string of the molecule is CC(C)Oc1cc(CCC(C)(C)N2Cc3ccc(F)cc3C2)ccc1O. The number of aryl methyl sites for hydroxylation is 1. The number of nitrogens with zero attached hydrogens (tertiary/aromatic N) is 1. The lowest BCUT2D eigenvalue weighted by molar-refractivity contribution is 0.109. The van der Waals surface area contributed by atoms with E-state index in [0.29, 0.717) is 5.75 Å². The van der Waals surface area contributed by atoms with Crippen LogP contribution in [0, 0.1) is 5.82 Å². The summed E-state index contributed by atoms with van der Waals surface area (Å²) in [4.78, 5) is 2.41. The van der Waals surface area contributed by atoms with Crippen molar-refractivity contribution in [2.24, 2.45) is 0 Å². The molecular formula is C22H28FNO2. The van der Waals surface area contributed by atoms with E-state index in [-0.39, 0.29) is 23.2 Å². The molecule has 140 valence electrons. The molecule has 1 aliphatic heterocycles. The average Bonchev–Trinajstić information content (AvgIpc) is 2.99. The van der Waals surface area contributed by atoms with E-state index >= 15 is 0 Å². The predicted molar refractivity (Wildman–Crippen MR) is 102 cm³/mol. The van der Waals surface area contributed by atoms with E-state index in [0.717, 1.165) is 37.1 Å². The quantitative estimate of drug-likeness (QED) is 0.786. The molecule has 0 atom stereocenters. The van der Waals surface area contributed by atoms with Crippen LogP contribution in [0.25, 0.3) is 0 Å². The molecule has 0 spiro atoms. The molecule has 1 aliphatic rings. The van der Waals surface area contributed by atoms with Crippen molar-refractivity contribution in [3.63, 3.8) is 0 Å². The Kier molecular flexibility index (Phi) is 5.24. The summed E-state index contributed by atoms with van der Waals surface area (Å²) in [7, 11) is 0. The second kappa shape index (κ2) is 7.28. The van der Waals surface area contributed by atoms with Gasteiger partial charge in [-0.1, -0.05) is 12.1 Å². The minimum absolute atomic E-state index is 0.00749. The zero-order chi connectivity index (χ0) is 18.9. The van der Waals surface area contributed by atoms with Gasteiger partial charge in [0.05, 0.1) is 6.10 Å². The lowest BCUT2D eigenvalue weighted by atomic mass is 9.93. The van der Waals surface area contributed by atoms with Gasteiger partial charge in [-0.2, -0.15) is 0 Å². The van der Waals surface area contributed by atoms with Crippen LogP contribution in [0.15, 0.2) is 36.4 Å². The standard InChI is InChI=1S/C22H28FNO2/c1-15(2)26-21-11-16(5-8-20(21)25)9-10-22(3,4)24-13-17-6-7-19(23)12-18(17)14-24/h5-8,11-12,15,25H,9-10,13-14H2,1-4H3. The largest absolute Gasteiger partial charge is 0.504 e. The van der Waals surface area contributed by atoms with Crippen LogP contribution >= 0.6 is 0 Å². The molecule has 0 radical (unpaired) electrons. The van der Waals surface area contributed by atoms with Gasteiger partial charge in [0, 0.05) is 18.6 Å². The average molecular weight is 357 g/mol. The van der Waals surface area contributed by atoms with Gasteiger partial charge in [0.25, 0.3) is 0 Å². The maximum absolute atomic E-state index is 13.5. The number of phenolic OH excluding ortho intramolecular Hbond substituents is 1. The second-order valence-electron chi connectivity index (χ2n) is 8.05. The van der Waals surface area contributed by atoms with Gasteiger partial charge < -0.3 is 9.84 Å². The van der Waals surface area contributed by atoms with Crippen LogP contribution in [0.1, 0.15) is 50.8 Å². The van der Waals surface area contributed by atoms with Gasteiger partial charge in [0.2, 0.25) is 0 Å². The number of ether oxygens (including phenoxy) is 1. The molecule has 26 heavy (non-hydrogen) atoms. The molecule has 3 nitrogen and oxygen atoms in total. The highest BCUT2D eigenvalue weighted by molar-refractivity contribution is 5.42. The Bertz CT molecular complexity index is 786. The van der Waals surface area contributed by atoms with Crippen molar-refractivity contribution >= 4 is 0 Å². The fraction of sp³-hybridized carbons (Fsp3) is 0.455. The lowest BCUT2D eigenvalue weighted by Gasteiger charge is -2.35. The Balaban J connectivity index is 1.66. The Morgan fingerprint density at radius 2 is 1.85 bits per heavy atom. The zero-order valence-electron chi connectivity index (χ0n) is 16.1. The smallest absolute Gasteiger partial charge is 0.161 e. The number of halogens is 1. The monoisotopic (exact) mass is 357 g/mol. The van der Waals surface area contributed by atoms with Crippen molar-refractivity contribution in [3.05, 3.63) is 58.9 Å². The highest BCUT2D eigenvalue weighted by Gasteiger charge is 2.31. The number of phenols is 1. The molecule has 0 saturated heterocycles. The van der Waals surface area contributed by atoms with Gasteiger partial charge in [-0.15, -0.1) is 0 Å². The minimum Gasteiger partial charge on any atom is -0.504 e. The predicted octanol–water partition coefficient (Wildman–Crippen LogP) is 5.05. The summed E-state index contributed by atoms with van der Waals surface area (Å²) in [6, 6.07) is 10.7. The van der Waals surface area contributed by atoms with Crippen LogP contribution in [0.5, 0.6) is 11.5 Å². The van der Waals surface area contributed by atoms with Crippen LogP contribution in [0.4, 0.5) is 4.39 Å². The molecule has 1 heterocycles. The van der Waals surface area contributed by atoms with Gasteiger partial charge in [-0.25, -0.2) is 4.39 Å². The van der Waals surface area contributed by atoms with E-state index < -0.39 is 0 Å². The van der Waals surface area contributed by atoms with Crippen molar-refractivity contribution in [2.45, 2.75) is 65.3 Å². The summed E-state index contributed by atoms with van der Waals surface area (Å²) in [6.45, 7) is 10.0. The fourth-order valence-corrected chi connectivity index (χ4v) is 3.46. The molecule has 2 aromatic rings. The van der Waals surface area contributed by atoms with Gasteiger partial charge >= 0.3 is 0 Å². The molecule has 1 N–H and O–H groups in total. The lowest BCUT2D eigenvalue weighted by Crippen LogP contribution is -2.40. The molecule has 0 amide bonds. The zero-order valence-corrected chi connectivity index (χ0v) is 16.1. The Hall–Kier alpha value is -2.07. The van der Waals surface area contributed by atoms with E-state index in [1.54, 1.807) is 18.2 Å². The van der Waals surface area contributed by atoms with Crippen molar-refractivity contribution in [1.29, 1.82) is 0 Å². The summed E-state index contributed by atoms with van der Waals surface area (Å²) in [5.41, 5.74) is 3.45. The van der Waals surface area contributed by atoms with Crippen molar-refractivity contribution < 1.29 is 14.2 Å². The van der Waals surface area contributed by atoms with E-state index in [9.17, 15) is 9.50 Å². The summed E-state index contributed by atoms with van der Waals surface area (Å²) in [5.74, 6) is 0.559. The van der Waals surface area contributed by atoms with Crippen molar-refractivity contribution in [1.82, 2.24) is 4.90 Å². The first kappa shape index (κ1) is 18.7. The third-order valence-corrected chi connectivity index (χ3v) is 5.16.